The Labute approximate surface area is 114 Å². The highest BCUT2D eigenvalue weighted by molar-refractivity contribution is 9.10. The lowest BCUT2D eigenvalue weighted by Crippen LogP contribution is -2.11. The molecule has 0 saturated carbocycles. The zero-order valence-electron chi connectivity index (χ0n) is 9.70. The third-order valence-corrected chi connectivity index (χ3v) is 2.83. The molecule has 0 atom stereocenters. The average Bonchev–Trinajstić information content (AvgIpc) is 2.37. The van der Waals surface area contributed by atoms with Gasteiger partial charge >= 0.3 is 0 Å². The van der Waals surface area contributed by atoms with E-state index in [1.165, 1.54) is 12.1 Å². The van der Waals surface area contributed by atoms with E-state index in [2.05, 4.69) is 21.2 Å². The first-order valence-electron chi connectivity index (χ1n) is 5.62. The quantitative estimate of drug-likeness (QED) is 0.840. The molecule has 2 nitrogen and oxygen atoms in total. The first-order chi connectivity index (χ1) is 8.74. The van der Waals surface area contributed by atoms with Gasteiger partial charge in [0.05, 0.1) is 0 Å². The Bertz CT molecular complexity index is 501. The molecule has 0 amide bonds. The van der Waals surface area contributed by atoms with Crippen molar-refractivity contribution in [1.82, 2.24) is 0 Å². The highest BCUT2D eigenvalue weighted by Crippen LogP contribution is 2.15. The van der Waals surface area contributed by atoms with Crippen molar-refractivity contribution in [3.8, 4) is 5.75 Å². The molecule has 2 rings (SSSR count). The van der Waals surface area contributed by atoms with Crippen molar-refractivity contribution in [3.05, 3.63) is 58.8 Å². The molecular weight excluding hydrogens is 297 g/mol. The Morgan fingerprint density at radius 2 is 1.89 bits per heavy atom. The summed E-state index contributed by atoms with van der Waals surface area (Å²) in [6.45, 7) is 1.21. The van der Waals surface area contributed by atoms with Crippen molar-refractivity contribution < 1.29 is 9.13 Å². The van der Waals surface area contributed by atoms with Gasteiger partial charge in [-0.3, -0.25) is 0 Å². The molecule has 0 fully saturated rings. The molecular formula is C14H13BrFNO. The van der Waals surface area contributed by atoms with E-state index in [1.807, 2.05) is 24.3 Å². The Morgan fingerprint density at radius 1 is 1.11 bits per heavy atom. The van der Waals surface area contributed by atoms with Crippen LogP contribution in [0.1, 0.15) is 0 Å². The lowest BCUT2D eigenvalue weighted by atomic mass is 10.3. The topological polar surface area (TPSA) is 21.3 Å². The van der Waals surface area contributed by atoms with E-state index in [-0.39, 0.29) is 5.82 Å². The van der Waals surface area contributed by atoms with E-state index in [0.29, 0.717) is 18.9 Å². The molecule has 0 bridgehead atoms. The number of ether oxygens (including phenoxy) is 1. The van der Waals surface area contributed by atoms with E-state index in [4.69, 9.17) is 4.74 Å². The number of hydrogen-bond donors (Lipinski definition) is 1. The van der Waals surface area contributed by atoms with Gasteiger partial charge in [-0.05, 0) is 42.5 Å². The van der Waals surface area contributed by atoms with Crippen LogP contribution in [-0.4, -0.2) is 13.2 Å². The van der Waals surface area contributed by atoms with Crippen LogP contribution in [0.2, 0.25) is 0 Å². The van der Waals surface area contributed by atoms with Crippen molar-refractivity contribution in [2.45, 2.75) is 0 Å². The summed E-state index contributed by atoms with van der Waals surface area (Å²) in [5.41, 5.74) is 1.03. The Balaban J connectivity index is 1.74. The first-order valence-corrected chi connectivity index (χ1v) is 6.41. The van der Waals surface area contributed by atoms with Gasteiger partial charge in [0.1, 0.15) is 18.2 Å². The standard InChI is InChI=1S/C14H13BrFNO/c15-11-2-1-3-13(10-11)17-8-9-18-14-6-4-12(16)5-7-14/h1-7,10,17H,8-9H2. The molecule has 0 aliphatic carbocycles. The van der Waals surface area contributed by atoms with Crippen LogP contribution < -0.4 is 10.1 Å². The number of nitrogens with one attached hydrogen (secondary N) is 1. The van der Waals surface area contributed by atoms with Crippen LogP contribution in [0.3, 0.4) is 0 Å². The molecule has 0 spiro atoms. The number of halogens is 2. The Hall–Kier alpha value is -1.55. The smallest absolute Gasteiger partial charge is 0.123 e. The van der Waals surface area contributed by atoms with Crippen molar-refractivity contribution in [3.63, 3.8) is 0 Å². The molecule has 0 aliphatic rings. The minimum atomic E-state index is -0.255. The first kappa shape index (κ1) is 12.9. The summed E-state index contributed by atoms with van der Waals surface area (Å²) in [5, 5.41) is 3.24. The molecule has 18 heavy (non-hydrogen) atoms. The van der Waals surface area contributed by atoms with E-state index in [1.54, 1.807) is 12.1 Å². The van der Waals surface area contributed by atoms with Crippen LogP contribution in [0.5, 0.6) is 5.75 Å². The van der Waals surface area contributed by atoms with Gasteiger partial charge in [-0.2, -0.15) is 0 Å². The zero-order valence-corrected chi connectivity index (χ0v) is 11.3. The van der Waals surface area contributed by atoms with Crippen LogP contribution in [0.4, 0.5) is 10.1 Å². The molecule has 0 saturated heterocycles. The van der Waals surface area contributed by atoms with Gasteiger partial charge in [0.25, 0.3) is 0 Å². The molecule has 1 N–H and O–H groups in total. The minimum absolute atomic E-state index is 0.255. The molecule has 2 aromatic carbocycles. The third-order valence-electron chi connectivity index (χ3n) is 2.34. The lowest BCUT2D eigenvalue weighted by molar-refractivity contribution is 0.332. The van der Waals surface area contributed by atoms with Crippen LogP contribution in [0.25, 0.3) is 0 Å². The summed E-state index contributed by atoms with van der Waals surface area (Å²) in [6, 6.07) is 13.9. The SMILES string of the molecule is Fc1ccc(OCCNc2cccc(Br)c2)cc1. The molecule has 2 aromatic rings. The van der Waals surface area contributed by atoms with Crippen molar-refractivity contribution in [1.29, 1.82) is 0 Å². The van der Waals surface area contributed by atoms with Crippen molar-refractivity contribution >= 4 is 21.6 Å². The highest BCUT2D eigenvalue weighted by Gasteiger charge is 1.95. The third kappa shape index (κ3) is 4.04. The zero-order chi connectivity index (χ0) is 12.8. The maximum atomic E-state index is 12.7. The summed E-state index contributed by atoms with van der Waals surface area (Å²) in [5.74, 6) is 0.419. The Morgan fingerprint density at radius 3 is 2.61 bits per heavy atom. The van der Waals surface area contributed by atoms with E-state index in [9.17, 15) is 4.39 Å². The maximum absolute atomic E-state index is 12.7. The molecule has 0 aliphatic heterocycles. The van der Waals surface area contributed by atoms with Gasteiger partial charge in [0, 0.05) is 16.7 Å². The molecule has 0 unspecified atom stereocenters. The molecule has 0 aromatic heterocycles. The number of benzene rings is 2. The van der Waals surface area contributed by atoms with Gasteiger partial charge in [-0.15, -0.1) is 0 Å². The number of hydrogen-bond acceptors (Lipinski definition) is 2. The predicted molar refractivity (Wildman–Crippen MR) is 74.5 cm³/mol. The summed E-state index contributed by atoms with van der Waals surface area (Å²) >= 11 is 3.41. The summed E-state index contributed by atoms with van der Waals surface area (Å²) in [7, 11) is 0. The van der Waals surface area contributed by atoms with Gasteiger partial charge in [-0.25, -0.2) is 4.39 Å². The molecule has 0 radical (unpaired) electrons. The molecule has 94 valence electrons. The van der Waals surface area contributed by atoms with Gasteiger partial charge < -0.3 is 10.1 Å². The molecule has 0 heterocycles. The lowest BCUT2D eigenvalue weighted by Gasteiger charge is -2.08. The monoisotopic (exact) mass is 309 g/mol. The van der Waals surface area contributed by atoms with Crippen molar-refractivity contribution in [2.24, 2.45) is 0 Å². The second-order valence-electron chi connectivity index (χ2n) is 3.74. The van der Waals surface area contributed by atoms with Crippen molar-refractivity contribution in [2.75, 3.05) is 18.5 Å². The molecule has 4 heteroatoms. The highest BCUT2D eigenvalue weighted by atomic mass is 79.9. The number of anilines is 1. The van der Waals surface area contributed by atoms with Gasteiger partial charge in [0.2, 0.25) is 0 Å². The second kappa shape index (κ2) is 6.40. The van der Waals surface area contributed by atoms with E-state index < -0.39 is 0 Å². The van der Waals surface area contributed by atoms with Crippen LogP contribution in [0, 0.1) is 5.82 Å². The number of rotatable bonds is 5. The van der Waals surface area contributed by atoms with Crippen LogP contribution in [0.15, 0.2) is 53.0 Å². The maximum Gasteiger partial charge on any atom is 0.123 e. The fourth-order valence-electron chi connectivity index (χ4n) is 1.49. The normalized spacial score (nSPS) is 10.1. The fourth-order valence-corrected chi connectivity index (χ4v) is 1.89. The second-order valence-corrected chi connectivity index (χ2v) is 4.66. The Kier molecular flexibility index (Phi) is 4.59. The van der Waals surface area contributed by atoms with Crippen LogP contribution >= 0.6 is 15.9 Å². The summed E-state index contributed by atoms with van der Waals surface area (Å²) in [6.07, 6.45) is 0. The predicted octanol–water partition coefficient (Wildman–Crippen LogP) is 4.08. The minimum Gasteiger partial charge on any atom is -0.492 e. The van der Waals surface area contributed by atoms with E-state index in [0.717, 1.165) is 10.2 Å². The van der Waals surface area contributed by atoms with E-state index >= 15 is 0 Å². The average molecular weight is 310 g/mol. The summed E-state index contributed by atoms with van der Waals surface area (Å²) < 4.78 is 19.2. The van der Waals surface area contributed by atoms with Crippen LogP contribution in [-0.2, 0) is 0 Å². The largest absolute Gasteiger partial charge is 0.492 e. The fraction of sp³-hybridized carbons (Fsp3) is 0.143. The van der Waals surface area contributed by atoms with Gasteiger partial charge in [0.15, 0.2) is 0 Å². The van der Waals surface area contributed by atoms with Gasteiger partial charge in [-0.1, -0.05) is 22.0 Å². The summed E-state index contributed by atoms with van der Waals surface area (Å²) in [4.78, 5) is 0.